The van der Waals surface area contributed by atoms with Gasteiger partial charge in [-0.15, -0.1) is 0 Å². The number of hydrogen-bond donors (Lipinski definition) is 2. The molecule has 0 radical (unpaired) electrons. The summed E-state index contributed by atoms with van der Waals surface area (Å²) >= 11 is 0. The van der Waals surface area contributed by atoms with Gasteiger partial charge < -0.3 is 30.0 Å². The van der Waals surface area contributed by atoms with Crippen LogP contribution in [0.15, 0.2) is 36.4 Å². The smallest absolute Gasteiger partial charge is 0.545 e. The molecule has 0 amide bonds. The minimum absolute atomic E-state index is 0. The van der Waals surface area contributed by atoms with E-state index in [1.807, 2.05) is 0 Å². The zero-order valence-corrected chi connectivity index (χ0v) is 15.8. The molecule has 0 unspecified atom stereocenters. The van der Waals surface area contributed by atoms with E-state index >= 15 is 0 Å². The first kappa shape index (κ1) is 25.8. The molecule has 0 aliphatic rings. The van der Waals surface area contributed by atoms with Gasteiger partial charge in [0, 0.05) is 0 Å². The van der Waals surface area contributed by atoms with Crippen LogP contribution in [-0.4, -0.2) is 34.1 Å². The standard InChI is InChI=1S/C8H6O4.C4H4O4.2Na/c9-7(10)5-3-1-2-4-6(5)8(11)12;5-3(6)1-2-4(7)8;;/h1-4H,(H,9,10)(H,11,12);1-2H,(H,5,6)(H,7,8);;/q;;2*+1/p-2. The quantitative estimate of drug-likeness (QED) is 0.408. The summed E-state index contributed by atoms with van der Waals surface area (Å²) in [6.07, 6.45) is 0.769. The molecule has 0 fully saturated rings. The minimum Gasteiger partial charge on any atom is -0.545 e. The Labute approximate surface area is 169 Å². The molecule has 1 rings (SSSR count). The van der Waals surface area contributed by atoms with Gasteiger partial charge in [-0.25, -0.2) is 9.59 Å². The fourth-order valence-corrected chi connectivity index (χ4v) is 0.992. The second-order valence-electron chi connectivity index (χ2n) is 3.13. The van der Waals surface area contributed by atoms with Crippen LogP contribution in [0, 0.1) is 0 Å². The monoisotopic (exact) mass is 326 g/mol. The summed E-state index contributed by atoms with van der Waals surface area (Å²) in [5.74, 6) is -5.55. The predicted molar refractivity (Wildman–Crippen MR) is 59.5 cm³/mol. The Morgan fingerprint density at radius 3 is 1.23 bits per heavy atom. The Morgan fingerprint density at radius 2 is 1.05 bits per heavy atom. The molecule has 0 heterocycles. The molecule has 8 nitrogen and oxygen atoms in total. The SMILES string of the molecule is O=C(O)c1ccccc1C(=O)O.O=C([O-])C=CC(=O)[O-].[Na+].[Na+]. The van der Waals surface area contributed by atoms with E-state index in [4.69, 9.17) is 10.2 Å². The van der Waals surface area contributed by atoms with Crippen molar-refractivity contribution in [1.29, 1.82) is 0 Å². The van der Waals surface area contributed by atoms with Gasteiger partial charge in [-0.1, -0.05) is 12.1 Å². The summed E-state index contributed by atoms with van der Waals surface area (Å²) in [4.78, 5) is 39.8. The van der Waals surface area contributed by atoms with Crippen molar-refractivity contribution in [3.05, 3.63) is 47.5 Å². The van der Waals surface area contributed by atoms with Crippen molar-refractivity contribution in [3.8, 4) is 0 Å². The number of carbonyl (C=O) groups is 4. The van der Waals surface area contributed by atoms with E-state index in [1.54, 1.807) is 0 Å². The van der Waals surface area contributed by atoms with Crippen LogP contribution in [0.25, 0.3) is 0 Å². The number of aromatic carboxylic acids is 2. The molecule has 22 heavy (non-hydrogen) atoms. The van der Waals surface area contributed by atoms with E-state index in [9.17, 15) is 29.4 Å². The number of aliphatic carboxylic acids is 2. The van der Waals surface area contributed by atoms with Gasteiger partial charge in [-0.05, 0) is 24.3 Å². The Balaban J connectivity index is -0.000000323. The Hall–Kier alpha value is -1.16. The number of benzene rings is 1. The van der Waals surface area contributed by atoms with E-state index in [0.29, 0.717) is 12.2 Å². The van der Waals surface area contributed by atoms with Gasteiger partial charge in [0.1, 0.15) is 0 Å². The van der Waals surface area contributed by atoms with Crippen molar-refractivity contribution < 1.29 is 98.7 Å². The van der Waals surface area contributed by atoms with Crippen LogP contribution in [0.4, 0.5) is 0 Å². The molecule has 0 saturated carbocycles. The maximum absolute atomic E-state index is 10.5. The first-order chi connectivity index (χ1) is 9.25. The number of rotatable bonds is 4. The van der Waals surface area contributed by atoms with Gasteiger partial charge in [0.05, 0.1) is 23.1 Å². The van der Waals surface area contributed by atoms with Crippen LogP contribution < -0.4 is 69.3 Å². The minimum atomic E-state index is -1.55. The molecule has 0 atom stereocenters. The van der Waals surface area contributed by atoms with Gasteiger partial charge in [-0.2, -0.15) is 0 Å². The molecule has 2 N–H and O–H groups in total. The van der Waals surface area contributed by atoms with Crippen LogP contribution in [0.3, 0.4) is 0 Å². The normalized spacial score (nSPS) is 8.55. The fourth-order valence-electron chi connectivity index (χ4n) is 0.992. The molecule has 1 aromatic carbocycles. The van der Waals surface area contributed by atoms with E-state index in [0.717, 1.165) is 0 Å². The second kappa shape index (κ2) is 13.5. The number of carboxylic acid groups (broad SMARTS) is 4. The molecule has 0 aliphatic heterocycles. The molecule has 106 valence electrons. The summed E-state index contributed by atoms with van der Waals surface area (Å²) in [5.41, 5.74) is -0.380. The topological polar surface area (TPSA) is 155 Å². The summed E-state index contributed by atoms with van der Waals surface area (Å²) in [6, 6.07) is 5.48. The summed E-state index contributed by atoms with van der Waals surface area (Å²) in [5, 5.41) is 35.9. The van der Waals surface area contributed by atoms with E-state index in [-0.39, 0.29) is 70.2 Å². The Kier molecular flexibility index (Phi) is 15.8. The van der Waals surface area contributed by atoms with Crippen LogP contribution >= 0.6 is 0 Å². The summed E-state index contributed by atoms with van der Waals surface area (Å²) < 4.78 is 0. The molecule has 0 aliphatic carbocycles. The van der Waals surface area contributed by atoms with Gasteiger partial charge in [0.15, 0.2) is 0 Å². The molecule has 1 aromatic rings. The number of hydrogen-bond acceptors (Lipinski definition) is 6. The maximum atomic E-state index is 10.5. The first-order valence-corrected chi connectivity index (χ1v) is 4.91. The summed E-state index contributed by atoms with van der Waals surface area (Å²) in [6.45, 7) is 0. The van der Waals surface area contributed by atoms with E-state index < -0.39 is 23.9 Å². The van der Waals surface area contributed by atoms with E-state index in [1.165, 1.54) is 24.3 Å². The van der Waals surface area contributed by atoms with Crippen molar-refractivity contribution in [3.63, 3.8) is 0 Å². The third-order valence-corrected chi connectivity index (χ3v) is 1.74. The number of carbonyl (C=O) groups excluding carboxylic acids is 2. The predicted octanol–water partition coefficient (Wildman–Crippen LogP) is -7.87. The van der Waals surface area contributed by atoms with Crippen LogP contribution in [0.2, 0.25) is 0 Å². The second-order valence-corrected chi connectivity index (χ2v) is 3.13. The van der Waals surface area contributed by atoms with Crippen LogP contribution in [0.5, 0.6) is 0 Å². The summed E-state index contributed by atoms with van der Waals surface area (Å²) in [7, 11) is 0. The van der Waals surface area contributed by atoms with Crippen molar-refractivity contribution in [2.45, 2.75) is 0 Å². The van der Waals surface area contributed by atoms with Gasteiger partial charge in [0.25, 0.3) is 0 Å². The number of carboxylic acids is 4. The average molecular weight is 326 g/mol. The Bertz CT molecular complexity index is 519. The van der Waals surface area contributed by atoms with Crippen molar-refractivity contribution in [2.75, 3.05) is 0 Å². The first-order valence-electron chi connectivity index (χ1n) is 4.91. The van der Waals surface area contributed by atoms with Crippen molar-refractivity contribution in [2.24, 2.45) is 0 Å². The Morgan fingerprint density at radius 1 is 0.773 bits per heavy atom. The zero-order chi connectivity index (χ0) is 15.7. The third kappa shape index (κ3) is 11.5. The molecule has 0 spiro atoms. The van der Waals surface area contributed by atoms with Gasteiger partial charge in [0.2, 0.25) is 0 Å². The molecule has 0 saturated heterocycles. The van der Waals surface area contributed by atoms with Crippen LogP contribution in [-0.2, 0) is 9.59 Å². The molecular formula is C12H8Na2O8. The van der Waals surface area contributed by atoms with Crippen LogP contribution in [0.1, 0.15) is 20.7 Å². The third-order valence-electron chi connectivity index (χ3n) is 1.74. The van der Waals surface area contributed by atoms with Gasteiger partial charge >= 0.3 is 71.1 Å². The average Bonchev–Trinajstić information content (AvgIpc) is 2.37. The molecule has 0 bridgehead atoms. The van der Waals surface area contributed by atoms with Crippen molar-refractivity contribution >= 4 is 23.9 Å². The molecule has 0 aromatic heterocycles. The fraction of sp³-hybridized carbons (Fsp3) is 0. The molecular weight excluding hydrogens is 318 g/mol. The van der Waals surface area contributed by atoms with E-state index in [2.05, 4.69) is 0 Å². The largest absolute Gasteiger partial charge is 1.00 e. The van der Waals surface area contributed by atoms with Crippen molar-refractivity contribution in [1.82, 2.24) is 0 Å². The zero-order valence-electron chi connectivity index (χ0n) is 11.8. The van der Waals surface area contributed by atoms with Gasteiger partial charge in [-0.3, -0.25) is 0 Å². The molecule has 10 heteroatoms. The maximum Gasteiger partial charge on any atom is 1.00 e.